The molecule has 3 aromatic heterocycles. The molecule has 0 bridgehead atoms. The fourth-order valence-electron chi connectivity index (χ4n) is 3.95. The molecule has 1 aliphatic rings. The molecule has 1 unspecified atom stereocenters. The van der Waals surface area contributed by atoms with Crippen LogP contribution in [0.15, 0.2) is 47.3 Å². The zero-order valence-corrected chi connectivity index (χ0v) is 17.3. The Bertz CT molecular complexity index is 1320. The lowest BCUT2D eigenvalue weighted by molar-refractivity contribution is 0.103. The van der Waals surface area contributed by atoms with Gasteiger partial charge in [0.2, 0.25) is 0 Å². The van der Waals surface area contributed by atoms with Gasteiger partial charge in [0, 0.05) is 17.1 Å². The van der Waals surface area contributed by atoms with E-state index in [0.717, 1.165) is 35.2 Å². The Labute approximate surface area is 176 Å². The van der Waals surface area contributed by atoms with Gasteiger partial charge in [0.1, 0.15) is 15.5 Å². The van der Waals surface area contributed by atoms with Gasteiger partial charge < -0.3 is 11.1 Å². The summed E-state index contributed by atoms with van der Waals surface area (Å²) in [5.41, 5.74) is 9.52. The smallest absolute Gasteiger partial charge is 0.273 e. The van der Waals surface area contributed by atoms with Crippen LogP contribution in [0.5, 0.6) is 0 Å². The third-order valence-electron chi connectivity index (χ3n) is 5.52. The number of aromatic amines is 1. The highest BCUT2D eigenvalue weighted by Crippen LogP contribution is 2.36. The first-order valence-electron chi connectivity index (χ1n) is 9.89. The van der Waals surface area contributed by atoms with Crippen LogP contribution in [-0.2, 0) is 12.8 Å². The van der Waals surface area contributed by atoms with E-state index in [1.54, 1.807) is 0 Å². The molecule has 0 spiro atoms. The van der Waals surface area contributed by atoms with Crippen LogP contribution in [0.4, 0.5) is 11.5 Å². The predicted molar refractivity (Wildman–Crippen MR) is 120 cm³/mol. The van der Waals surface area contributed by atoms with Crippen LogP contribution in [0.3, 0.4) is 0 Å². The van der Waals surface area contributed by atoms with Gasteiger partial charge in [0.15, 0.2) is 0 Å². The van der Waals surface area contributed by atoms with Crippen molar-refractivity contribution in [3.63, 3.8) is 0 Å². The number of nitrogens with two attached hydrogens (primary N) is 1. The minimum absolute atomic E-state index is 0.260. The number of aryl methyl sites for hydroxylation is 1. The van der Waals surface area contributed by atoms with Crippen LogP contribution in [0, 0.1) is 5.92 Å². The number of thiophene rings is 1. The number of carbonyl (C=O) groups is 1. The molecule has 152 valence electrons. The maximum atomic E-state index is 12.9. The van der Waals surface area contributed by atoms with Crippen molar-refractivity contribution in [2.75, 3.05) is 11.1 Å². The minimum Gasteiger partial charge on any atom is -0.397 e. The molecule has 7 nitrogen and oxygen atoms in total. The quantitative estimate of drug-likeness (QED) is 0.470. The number of H-pyrrole nitrogens is 1. The van der Waals surface area contributed by atoms with Crippen LogP contribution in [0.1, 0.15) is 34.3 Å². The standard InChI is InChI=1S/C22H21N5O2S/c1-12-7-8-16-13(9-12)10-15-19(23)20(30-22(15)24-16)21(29)25-17-11-18(28)27(26-17)14-5-3-2-4-6-14/h2-6,10-12,26H,7-9,23H2,1H3,(H,25,29). The summed E-state index contributed by atoms with van der Waals surface area (Å²) in [6.07, 6.45) is 3.08. The number of amides is 1. The van der Waals surface area contributed by atoms with Gasteiger partial charge in [-0.25, -0.2) is 9.67 Å². The Hall–Kier alpha value is -3.39. The first kappa shape index (κ1) is 18.6. The van der Waals surface area contributed by atoms with E-state index in [1.165, 1.54) is 27.6 Å². The van der Waals surface area contributed by atoms with Crippen LogP contribution in [0.2, 0.25) is 0 Å². The number of anilines is 2. The van der Waals surface area contributed by atoms with Crippen molar-refractivity contribution in [2.24, 2.45) is 5.92 Å². The van der Waals surface area contributed by atoms with E-state index in [0.29, 0.717) is 28.0 Å². The lowest BCUT2D eigenvalue weighted by Crippen LogP contribution is -2.13. The van der Waals surface area contributed by atoms with Crippen molar-refractivity contribution < 1.29 is 4.79 Å². The second-order valence-electron chi connectivity index (χ2n) is 7.77. The Morgan fingerprint density at radius 2 is 2.10 bits per heavy atom. The number of pyridine rings is 1. The maximum absolute atomic E-state index is 12.9. The summed E-state index contributed by atoms with van der Waals surface area (Å²) in [7, 11) is 0. The molecule has 0 fully saturated rings. The number of nitrogens with one attached hydrogen (secondary N) is 2. The number of fused-ring (bicyclic) bond motifs is 2. The SMILES string of the molecule is CC1CCc2nc3sc(C(=O)Nc4cc(=O)n(-c5ccccc5)[nH]4)c(N)c3cc2C1. The summed E-state index contributed by atoms with van der Waals surface area (Å²) in [6, 6.07) is 12.6. The molecule has 1 amide bonds. The molecule has 4 aromatic rings. The molecule has 1 aromatic carbocycles. The van der Waals surface area contributed by atoms with E-state index in [4.69, 9.17) is 10.7 Å². The van der Waals surface area contributed by atoms with Gasteiger partial charge in [0.25, 0.3) is 11.5 Å². The van der Waals surface area contributed by atoms with Crippen molar-refractivity contribution in [2.45, 2.75) is 26.2 Å². The minimum atomic E-state index is -0.358. The van der Waals surface area contributed by atoms with E-state index in [2.05, 4.69) is 23.4 Å². The number of carbonyl (C=O) groups excluding carboxylic acids is 1. The number of aromatic nitrogens is 3. The zero-order valence-electron chi connectivity index (χ0n) is 16.4. The molecular weight excluding hydrogens is 398 g/mol. The zero-order chi connectivity index (χ0) is 20.8. The number of rotatable bonds is 3. The Balaban J connectivity index is 1.46. The monoisotopic (exact) mass is 419 g/mol. The topological polar surface area (TPSA) is 106 Å². The summed E-state index contributed by atoms with van der Waals surface area (Å²) < 4.78 is 1.38. The van der Waals surface area contributed by atoms with E-state index < -0.39 is 0 Å². The van der Waals surface area contributed by atoms with Crippen molar-refractivity contribution in [1.82, 2.24) is 14.8 Å². The molecule has 1 aliphatic carbocycles. The van der Waals surface area contributed by atoms with Crippen LogP contribution in [0.25, 0.3) is 15.9 Å². The second kappa shape index (κ2) is 7.14. The Morgan fingerprint density at radius 1 is 1.30 bits per heavy atom. The lowest BCUT2D eigenvalue weighted by Gasteiger charge is -2.20. The van der Waals surface area contributed by atoms with Gasteiger partial charge in [-0.3, -0.25) is 14.7 Å². The average molecular weight is 420 g/mol. The van der Waals surface area contributed by atoms with Crippen molar-refractivity contribution in [1.29, 1.82) is 0 Å². The van der Waals surface area contributed by atoms with Crippen LogP contribution in [-0.4, -0.2) is 20.7 Å². The van der Waals surface area contributed by atoms with Crippen molar-refractivity contribution in [3.05, 3.63) is 69.0 Å². The molecule has 30 heavy (non-hydrogen) atoms. The summed E-state index contributed by atoms with van der Waals surface area (Å²) in [6.45, 7) is 2.24. The molecule has 3 heterocycles. The third-order valence-corrected chi connectivity index (χ3v) is 6.64. The second-order valence-corrected chi connectivity index (χ2v) is 8.77. The first-order valence-corrected chi connectivity index (χ1v) is 10.7. The summed E-state index contributed by atoms with van der Waals surface area (Å²) in [5, 5.41) is 6.50. The molecule has 0 saturated carbocycles. The average Bonchev–Trinajstić information content (AvgIpc) is 3.26. The fourth-order valence-corrected chi connectivity index (χ4v) is 4.94. The molecular formula is C22H21N5O2S. The highest BCUT2D eigenvalue weighted by Gasteiger charge is 2.22. The molecule has 0 saturated heterocycles. The Kier molecular flexibility index (Phi) is 4.43. The molecule has 8 heteroatoms. The van der Waals surface area contributed by atoms with Crippen LogP contribution < -0.4 is 16.6 Å². The molecule has 1 atom stereocenters. The van der Waals surface area contributed by atoms with E-state index in [1.807, 2.05) is 30.3 Å². The number of benzene rings is 1. The van der Waals surface area contributed by atoms with Gasteiger partial charge in [-0.15, -0.1) is 11.3 Å². The van der Waals surface area contributed by atoms with E-state index in [-0.39, 0.29) is 11.5 Å². The van der Waals surface area contributed by atoms with E-state index >= 15 is 0 Å². The molecule has 0 aliphatic heterocycles. The number of hydrogen-bond donors (Lipinski definition) is 3. The number of para-hydroxylation sites is 1. The molecule has 4 N–H and O–H groups in total. The highest BCUT2D eigenvalue weighted by molar-refractivity contribution is 7.21. The molecule has 5 rings (SSSR count). The predicted octanol–water partition coefficient (Wildman–Crippen LogP) is 3.73. The fraction of sp³-hybridized carbons (Fsp3) is 0.227. The maximum Gasteiger partial charge on any atom is 0.273 e. The van der Waals surface area contributed by atoms with Gasteiger partial charge in [-0.05, 0) is 48.9 Å². The number of hydrogen-bond acceptors (Lipinski definition) is 5. The summed E-state index contributed by atoms with van der Waals surface area (Å²) >= 11 is 1.29. The Morgan fingerprint density at radius 3 is 2.90 bits per heavy atom. The summed E-state index contributed by atoms with van der Waals surface area (Å²) in [5.74, 6) is 0.583. The third kappa shape index (κ3) is 3.19. The lowest BCUT2D eigenvalue weighted by atomic mass is 9.87. The number of nitrogen functional groups attached to an aromatic ring is 1. The van der Waals surface area contributed by atoms with Crippen molar-refractivity contribution >= 4 is 39.0 Å². The highest BCUT2D eigenvalue weighted by atomic mass is 32.1. The molecule has 0 radical (unpaired) electrons. The van der Waals surface area contributed by atoms with Crippen molar-refractivity contribution in [3.8, 4) is 5.69 Å². The van der Waals surface area contributed by atoms with Gasteiger partial charge in [-0.1, -0.05) is 25.1 Å². The van der Waals surface area contributed by atoms with Gasteiger partial charge >= 0.3 is 0 Å². The van der Waals surface area contributed by atoms with Gasteiger partial charge in [0.05, 0.1) is 11.4 Å². The largest absolute Gasteiger partial charge is 0.397 e. The normalized spacial score (nSPS) is 15.8. The van der Waals surface area contributed by atoms with Crippen LogP contribution >= 0.6 is 11.3 Å². The summed E-state index contributed by atoms with van der Waals surface area (Å²) in [4.78, 5) is 31.1. The number of nitrogens with zero attached hydrogens (tertiary/aromatic N) is 2. The van der Waals surface area contributed by atoms with E-state index in [9.17, 15) is 9.59 Å². The first-order chi connectivity index (χ1) is 14.5. The van der Waals surface area contributed by atoms with Gasteiger partial charge in [-0.2, -0.15) is 0 Å².